The van der Waals surface area contributed by atoms with E-state index in [2.05, 4.69) is 5.32 Å². The highest BCUT2D eigenvalue weighted by Crippen LogP contribution is 2.36. The summed E-state index contributed by atoms with van der Waals surface area (Å²) in [6.45, 7) is 4.92. The summed E-state index contributed by atoms with van der Waals surface area (Å²) in [5.74, 6) is -4.12. The highest BCUT2D eigenvalue weighted by atomic mass is 19.3. The number of rotatable bonds is 2. The molecule has 0 aromatic heterocycles. The minimum Gasteiger partial charge on any atom is -0.477 e. The van der Waals surface area contributed by atoms with E-state index in [-0.39, 0.29) is 18.5 Å². The predicted octanol–water partition coefficient (Wildman–Crippen LogP) is 3.06. The third kappa shape index (κ3) is 5.14. The van der Waals surface area contributed by atoms with Crippen LogP contribution in [-0.4, -0.2) is 28.7 Å². The van der Waals surface area contributed by atoms with Crippen LogP contribution in [0.5, 0.6) is 0 Å². The van der Waals surface area contributed by atoms with Crippen LogP contribution >= 0.6 is 0 Å². The summed E-state index contributed by atoms with van der Waals surface area (Å²) >= 11 is 0. The summed E-state index contributed by atoms with van der Waals surface area (Å²) < 4.78 is 31.0. The van der Waals surface area contributed by atoms with Gasteiger partial charge in [-0.3, -0.25) is 5.32 Å². The maximum Gasteiger partial charge on any atom is 0.412 e. The molecule has 20 heavy (non-hydrogen) atoms. The van der Waals surface area contributed by atoms with Gasteiger partial charge in [-0.1, -0.05) is 0 Å². The second-order valence-electron chi connectivity index (χ2n) is 5.77. The molecule has 7 heteroatoms. The van der Waals surface area contributed by atoms with Crippen molar-refractivity contribution in [3.8, 4) is 0 Å². The number of hydrogen-bond donors (Lipinski definition) is 2. The number of allylic oxidation sites excluding steroid dienone is 1. The Hall–Kier alpha value is -1.66. The first kappa shape index (κ1) is 16.4. The van der Waals surface area contributed by atoms with Gasteiger partial charge in [0.1, 0.15) is 11.3 Å². The van der Waals surface area contributed by atoms with E-state index in [4.69, 9.17) is 9.84 Å². The number of carboxylic acid groups (broad SMARTS) is 1. The highest BCUT2D eigenvalue weighted by molar-refractivity contribution is 5.91. The van der Waals surface area contributed by atoms with E-state index in [1.165, 1.54) is 0 Å². The zero-order valence-corrected chi connectivity index (χ0v) is 11.8. The lowest BCUT2D eigenvalue weighted by Crippen LogP contribution is -2.35. The molecule has 114 valence electrons. The maximum absolute atomic E-state index is 13.0. The van der Waals surface area contributed by atoms with Crippen molar-refractivity contribution in [2.45, 2.75) is 58.0 Å². The third-order valence-corrected chi connectivity index (χ3v) is 2.78. The number of alkyl halides is 2. The molecule has 0 unspecified atom stereocenters. The largest absolute Gasteiger partial charge is 0.477 e. The second-order valence-corrected chi connectivity index (χ2v) is 5.77. The van der Waals surface area contributed by atoms with Crippen molar-refractivity contribution in [3.63, 3.8) is 0 Å². The van der Waals surface area contributed by atoms with Gasteiger partial charge in [0.2, 0.25) is 5.92 Å². The van der Waals surface area contributed by atoms with Crippen LogP contribution in [0.1, 0.15) is 46.5 Å². The molecule has 1 fully saturated rings. The first-order chi connectivity index (χ1) is 9.00. The molecule has 0 saturated heterocycles. The van der Waals surface area contributed by atoms with Crippen molar-refractivity contribution < 1.29 is 28.2 Å². The number of carbonyl (C=O) groups is 2. The van der Waals surface area contributed by atoms with Gasteiger partial charge in [0.25, 0.3) is 0 Å². The van der Waals surface area contributed by atoms with E-state index < -0.39 is 36.4 Å². The summed E-state index contributed by atoms with van der Waals surface area (Å²) in [6.07, 6.45) is -1.82. The normalized spacial score (nSPS) is 18.4. The summed E-state index contributed by atoms with van der Waals surface area (Å²) in [5.41, 5.74) is -0.804. The van der Waals surface area contributed by atoms with Gasteiger partial charge in [-0.2, -0.15) is 0 Å². The lowest BCUT2D eigenvalue weighted by Gasteiger charge is -2.25. The average Bonchev–Trinajstić information content (AvgIpc) is 2.23. The van der Waals surface area contributed by atoms with Crippen LogP contribution in [-0.2, 0) is 9.53 Å². The molecule has 1 aliphatic rings. The van der Waals surface area contributed by atoms with Crippen molar-refractivity contribution in [1.82, 2.24) is 5.32 Å². The smallest absolute Gasteiger partial charge is 0.412 e. The Balaban J connectivity index is 2.80. The van der Waals surface area contributed by atoms with Crippen LogP contribution in [0.15, 0.2) is 11.3 Å². The molecule has 5 nitrogen and oxygen atoms in total. The summed E-state index contributed by atoms with van der Waals surface area (Å²) in [5, 5.41) is 11.2. The number of alkyl carbamates (subject to hydrolysis) is 1. The second kappa shape index (κ2) is 5.76. The molecule has 1 amide bonds. The first-order valence-corrected chi connectivity index (χ1v) is 6.33. The fraction of sp³-hybridized carbons (Fsp3) is 0.692. The number of halogens is 2. The number of ether oxygens (including phenoxy) is 1. The zero-order chi connectivity index (χ0) is 15.6. The number of aliphatic carboxylic acids is 1. The van der Waals surface area contributed by atoms with Crippen molar-refractivity contribution in [3.05, 3.63) is 11.3 Å². The van der Waals surface area contributed by atoms with E-state index in [0.717, 1.165) is 0 Å². The Labute approximate surface area is 116 Å². The van der Waals surface area contributed by atoms with Gasteiger partial charge in [0.15, 0.2) is 0 Å². The Morgan fingerprint density at radius 2 is 1.75 bits per heavy atom. The molecule has 0 radical (unpaired) electrons. The minimum atomic E-state index is -2.76. The van der Waals surface area contributed by atoms with E-state index in [1.54, 1.807) is 20.8 Å². The fourth-order valence-electron chi connectivity index (χ4n) is 1.87. The van der Waals surface area contributed by atoms with E-state index in [9.17, 15) is 18.4 Å². The van der Waals surface area contributed by atoms with Crippen LogP contribution in [0.3, 0.4) is 0 Å². The van der Waals surface area contributed by atoms with Crippen molar-refractivity contribution in [2.24, 2.45) is 0 Å². The van der Waals surface area contributed by atoms with Gasteiger partial charge in [-0.05, 0) is 39.2 Å². The van der Waals surface area contributed by atoms with Crippen LogP contribution in [0, 0.1) is 0 Å². The number of amides is 1. The fourth-order valence-corrected chi connectivity index (χ4v) is 1.87. The summed E-state index contributed by atoms with van der Waals surface area (Å²) in [7, 11) is 0. The van der Waals surface area contributed by atoms with E-state index >= 15 is 0 Å². The van der Waals surface area contributed by atoms with Crippen molar-refractivity contribution in [1.29, 1.82) is 0 Å². The predicted molar refractivity (Wildman–Crippen MR) is 67.4 cm³/mol. The molecule has 0 bridgehead atoms. The van der Waals surface area contributed by atoms with Gasteiger partial charge in [-0.25, -0.2) is 18.4 Å². The Kier molecular flexibility index (Phi) is 4.73. The summed E-state index contributed by atoms with van der Waals surface area (Å²) in [6, 6.07) is 0. The van der Waals surface area contributed by atoms with Gasteiger partial charge < -0.3 is 9.84 Å². The van der Waals surface area contributed by atoms with Crippen LogP contribution in [0.4, 0.5) is 13.6 Å². The summed E-state index contributed by atoms with van der Waals surface area (Å²) in [4.78, 5) is 22.7. The van der Waals surface area contributed by atoms with Crippen molar-refractivity contribution in [2.75, 3.05) is 0 Å². The molecule has 0 aromatic rings. The molecule has 0 aromatic carbocycles. The van der Waals surface area contributed by atoms with E-state index in [0.29, 0.717) is 5.57 Å². The van der Waals surface area contributed by atoms with Crippen molar-refractivity contribution >= 4 is 12.1 Å². The molecular weight excluding hydrogens is 272 g/mol. The van der Waals surface area contributed by atoms with Gasteiger partial charge in [-0.15, -0.1) is 0 Å². The SMILES string of the molecule is CC(C)(C)OC(=O)NC(C(=O)O)=C1CCC(F)(F)CC1. The van der Waals surface area contributed by atoms with Gasteiger partial charge in [0, 0.05) is 12.8 Å². The Morgan fingerprint density at radius 1 is 1.25 bits per heavy atom. The Bertz CT molecular complexity index is 426. The first-order valence-electron chi connectivity index (χ1n) is 6.33. The highest BCUT2D eigenvalue weighted by Gasteiger charge is 2.35. The molecule has 0 heterocycles. The Morgan fingerprint density at radius 3 is 2.15 bits per heavy atom. The molecule has 2 N–H and O–H groups in total. The molecule has 0 atom stereocenters. The molecule has 1 aliphatic carbocycles. The molecular formula is C13H19F2NO4. The molecule has 0 spiro atoms. The van der Waals surface area contributed by atoms with Crippen LogP contribution in [0.2, 0.25) is 0 Å². The van der Waals surface area contributed by atoms with Gasteiger partial charge in [0.05, 0.1) is 0 Å². The van der Waals surface area contributed by atoms with Crippen LogP contribution in [0.25, 0.3) is 0 Å². The quantitative estimate of drug-likeness (QED) is 0.767. The van der Waals surface area contributed by atoms with E-state index in [1.807, 2.05) is 0 Å². The lowest BCUT2D eigenvalue weighted by atomic mass is 9.90. The number of carboxylic acids is 1. The molecule has 1 saturated carbocycles. The third-order valence-electron chi connectivity index (χ3n) is 2.78. The average molecular weight is 291 g/mol. The topological polar surface area (TPSA) is 75.6 Å². The van der Waals surface area contributed by atoms with Crippen LogP contribution < -0.4 is 5.32 Å². The van der Waals surface area contributed by atoms with Gasteiger partial charge >= 0.3 is 12.1 Å². The molecule has 0 aliphatic heterocycles. The number of nitrogens with one attached hydrogen (secondary N) is 1. The minimum absolute atomic E-state index is 0.0512. The number of carbonyl (C=O) groups excluding carboxylic acids is 1. The standard InChI is InChI=1S/C13H19F2NO4/c1-12(2,3)20-11(19)16-9(10(17)18)8-4-6-13(14,15)7-5-8/h4-7H2,1-3H3,(H,16,19)(H,17,18). The number of hydrogen-bond acceptors (Lipinski definition) is 3. The molecule has 1 rings (SSSR count). The monoisotopic (exact) mass is 291 g/mol. The lowest BCUT2D eigenvalue weighted by molar-refractivity contribution is -0.133. The zero-order valence-electron chi connectivity index (χ0n) is 11.8. The maximum atomic E-state index is 13.0.